The second kappa shape index (κ2) is 4.59. The third-order valence-corrected chi connectivity index (χ3v) is 3.82. The van der Waals surface area contributed by atoms with E-state index in [1.54, 1.807) is 18.2 Å². The lowest BCUT2D eigenvalue weighted by Gasteiger charge is -2.23. The van der Waals surface area contributed by atoms with Gasteiger partial charge in [0, 0.05) is 11.1 Å². The third kappa shape index (κ3) is 1.91. The first-order valence-electron chi connectivity index (χ1n) is 6.44. The van der Waals surface area contributed by atoms with Crippen LogP contribution in [0.2, 0.25) is 0 Å². The van der Waals surface area contributed by atoms with Crippen LogP contribution < -0.4 is 0 Å². The zero-order valence-corrected chi connectivity index (χ0v) is 10.7. The smallest absolute Gasteiger partial charge is 0.336 e. The number of nitrogens with zero attached hydrogens (tertiary/aromatic N) is 1. The van der Waals surface area contributed by atoms with Crippen molar-refractivity contribution < 1.29 is 19.8 Å². The Labute approximate surface area is 114 Å². The molecule has 2 N–H and O–H groups in total. The summed E-state index contributed by atoms with van der Waals surface area (Å²) in [6, 6.07) is 7.08. The molecule has 0 amide bonds. The van der Waals surface area contributed by atoms with E-state index in [2.05, 4.69) is 4.98 Å². The Morgan fingerprint density at radius 3 is 2.65 bits per heavy atom. The highest BCUT2D eigenvalue weighted by Crippen LogP contribution is 2.31. The SMILES string of the molecule is O=C(O)c1c2c(nc3ccccc13)CC[C@H](C(=O)O)C2. The van der Waals surface area contributed by atoms with Gasteiger partial charge in [-0.2, -0.15) is 0 Å². The molecule has 1 heterocycles. The summed E-state index contributed by atoms with van der Waals surface area (Å²) in [5.41, 5.74) is 2.16. The molecule has 20 heavy (non-hydrogen) atoms. The fourth-order valence-electron chi connectivity index (χ4n) is 2.84. The highest BCUT2D eigenvalue weighted by atomic mass is 16.4. The number of fused-ring (bicyclic) bond motifs is 2. The van der Waals surface area contributed by atoms with Gasteiger partial charge in [-0.3, -0.25) is 9.78 Å². The molecule has 0 bridgehead atoms. The molecule has 1 aromatic heterocycles. The largest absolute Gasteiger partial charge is 0.481 e. The van der Waals surface area contributed by atoms with Gasteiger partial charge in [0.15, 0.2) is 0 Å². The summed E-state index contributed by atoms with van der Waals surface area (Å²) in [5.74, 6) is -2.42. The molecule has 0 fully saturated rings. The fraction of sp³-hybridized carbons (Fsp3) is 0.267. The van der Waals surface area contributed by atoms with E-state index in [1.165, 1.54) is 0 Å². The minimum atomic E-state index is -1.02. The molecule has 0 aliphatic heterocycles. The van der Waals surface area contributed by atoms with E-state index in [-0.39, 0.29) is 12.0 Å². The van der Waals surface area contributed by atoms with Crippen LogP contribution in [0.1, 0.15) is 28.0 Å². The van der Waals surface area contributed by atoms with Crippen LogP contribution in [0.4, 0.5) is 0 Å². The van der Waals surface area contributed by atoms with E-state index in [9.17, 15) is 14.7 Å². The Kier molecular flexibility index (Phi) is 2.89. The van der Waals surface area contributed by atoms with Crippen molar-refractivity contribution >= 4 is 22.8 Å². The Bertz CT molecular complexity index is 723. The molecule has 1 aliphatic rings. The first-order valence-corrected chi connectivity index (χ1v) is 6.44. The number of hydrogen-bond acceptors (Lipinski definition) is 3. The van der Waals surface area contributed by atoms with Gasteiger partial charge in [-0.15, -0.1) is 0 Å². The number of para-hydroxylation sites is 1. The first kappa shape index (κ1) is 12.6. The lowest BCUT2D eigenvalue weighted by Crippen LogP contribution is -2.25. The third-order valence-electron chi connectivity index (χ3n) is 3.82. The van der Waals surface area contributed by atoms with Crippen LogP contribution in [0.25, 0.3) is 10.9 Å². The fourth-order valence-corrected chi connectivity index (χ4v) is 2.84. The van der Waals surface area contributed by atoms with Crippen molar-refractivity contribution in [3.63, 3.8) is 0 Å². The zero-order valence-electron chi connectivity index (χ0n) is 10.7. The second-order valence-corrected chi connectivity index (χ2v) is 5.01. The van der Waals surface area contributed by atoms with Crippen molar-refractivity contribution in [1.29, 1.82) is 0 Å². The molecule has 0 radical (unpaired) electrons. The summed E-state index contributed by atoms with van der Waals surface area (Å²) in [5, 5.41) is 19.2. The summed E-state index contributed by atoms with van der Waals surface area (Å²) in [4.78, 5) is 27.2. The van der Waals surface area contributed by atoms with E-state index in [1.807, 2.05) is 6.07 Å². The molecule has 1 atom stereocenters. The molecule has 5 heteroatoms. The Morgan fingerprint density at radius 2 is 1.95 bits per heavy atom. The molecule has 1 aliphatic carbocycles. The Balaban J connectivity index is 2.26. The normalized spacial score (nSPS) is 17.7. The van der Waals surface area contributed by atoms with E-state index >= 15 is 0 Å². The van der Waals surface area contributed by atoms with Crippen molar-refractivity contribution in [2.75, 3.05) is 0 Å². The monoisotopic (exact) mass is 271 g/mol. The van der Waals surface area contributed by atoms with Gasteiger partial charge in [-0.05, 0) is 30.9 Å². The lowest BCUT2D eigenvalue weighted by atomic mass is 9.83. The molecule has 2 aromatic rings. The maximum absolute atomic E-state index is 11.6. The van der Waals surface area contributed by atoms with Crippen LogP contribution in [0, 0.1) is 5.92 Å². The molecular formula is C15H13NO4. The molecule has 102 valence electrons. The molecule has 1 aromatic carbocycles. The van der Waals surface area contributed by atoms with Crippen molar-refractivity contribution in [1.82, 2.24) is 4.98 Å². The molecule has 0 saturated carbocycles. The highest BCUT2D eigenvalue weighted by molar-refractivity contribution is 6.04. The minimum Gasteiger partial charge on any atom is -0.481 e. The summed E-state index contributed by atoms with van der Waals surface area (Å²) in [7, 11) is 0. The number of hydrogen-bond donors (Lipinski definition) is 2. The number of aromatic nitrogens is 1. The van der Waals surface area contributed by atoms with Crippen molar-refractivity contribution in [3.05, 3.63) is 41.1 Å². The number of pyridine rings is 1. The van der Waals surface area contributed by atoms with Gasteiger partial charge in [0.1, 0.15) is 0 Å². The number of benzene rings is 1. The van der Waals surface area contributed by atoms with E-state index in [0.717, 1.165) is 5.69 Å². The van der Waals surface area contributed by atoms with Crippen molar-refractivity contribution in [3.8, 4) is 0 Å². The first-order chi connectivity index (χ1) is 9.58. The predicted molar refractivity (Wildman–Crippen MR) is 71.9 cm³/mol. The molecular weight excluding hydrogens is 258 g/mol. The molecule has 0 unspecified atom stereocenters. The van der Waals surface area contributed by atoms with Crippen molar-refractivity contribution in [2.24, 2.45) is 5.92 Å². The Hall–Kier alpha value is -2.43. The summed E-state index contributed by atoms with van der Waals surface area (Å²) in [6.07, 6.45) is 1.26. The van der Waals surface area contributed by atoms with Crippen LogP contribution in [0.3, 0.4) is 0 Å². The summed E-state index contributed by atoms with van der Waals surface area (Å²) < 4.78 is 0. The van der Waals surface area contributed by atoms with Gasteiger partial charge in [0.25, 0.3) is 0 Å². The topological polar surface area (TPSA) is 87.5 Å². The Morgan fingerprint density at radius 1 is 1.20 bits per heavy atom. The number of carbonyl (C=O) groups is 2. The maximum Gasteiger partial charge on any atom is 0.336 e. The average molecular weight is 271 g/mol. The highest BCUT2D eigenvalue weighted by Gasteiger charge is 2.29. The minimum absolute atomic E-state index is 0.205. The number of aromatic carboxylic acids is 1. The van der Waals surface area contributed by atoms with Gasteiger partial charge in [0.05, 0.1) is 17.0 Å². The van der Waals surface area contributed by atoms with Gasteiger partial charge < -0.3 is 10.2 Å². The number of rotatable bonds is 2. The standard InChI is InChI=1S/C15H13NO4/c17-14(18)8-5-6-12-10(7-8)13(15(19)20)9-3-1-2-4-11(9)16-12/h1-4,8H,5-7H2,(H,17,18)(H,19,20)/t8-/m0/s1. The lowest BCUT2D eigenvalue weighted by molar-refractivity contribution is -0.142. The van der Waals surface area contributed by atoms with E-state index in [0.29, 0.717) is 29.3 Å². The van der Waals surface area contributed by atoms with Crippen LogP contribution in [0.15, 0.2) is 24.3 Å². The van der Waals surface area contributed by atoms with E-state index < -0.39 is 17.9 Å². The van der Waals surface area contributed by atoms with E-state index in [4.69, 9.17) is 5.11 Å². The average Bonchev–Trinajstić information content (AvgIpc) is 2.43. The van der Waals surface area contributed by atoms with Crippen LogP contribution >= 0.6 is 0 Å². The molecule has 0 saturated heterocycles. The molecule has 3 rings (SSSR count). The number of carboxylic acid groups (broad SMARTS) is 2. The van der Waals surface area contributed by atoms with Crippen LogP contribution in [-0.2, 0) is 17.6 Å². The van der Waals surface area contributed by atoms with Gasteiger partial charge in [-0.1, -0.05) is 18.2 Å². The summed E-state index contributed by atoms with van der Waals surface area (Å²) in [6.45, 7) is 0. The molecule has 0 spiro atoms. The second-order valence-electron chi connectivity index (χ2n) is 5.01. The van der Waals surface area contributed by atoms with Crippen LogP contribution in [-0.4, -0.2) is 27.1 Å². The predicted octanol–water partition coefficient (Wildman–Crippen LogP) is 2.12. The quantitative estimate of drug-likeness (QED) is 0.873. The zero-order chi connectivity index (χ0) is 14.3. The van der Waals surface area contributed by atoms with Gasteiger partial charge in [0.2, 0.25) is 0 Å². The number of aliphatic carboxylic acids is 1. The molecule has 5 nitrogen and oxygen atoms in total. The van der Waals surface area contributed by atoms with Crippen molar-refractivity contribution in [2.45, 2.75) is 19.3 Å². The van der Waals surface area contributed by atoms with Gasteiger partial charge >= 0.3 is 11.9 Å². The number of aryl methyl sites for hydroxylation is 1. The maximum atomic E-state index is 11.6. The summed E-state index contributed by atoms with van der Waals surface area (Å²) >= 11 is 0. The van der Waals surface area contributed by atoms with Gasteiger partial charge in [-0.25, -0.2) is 4.79 Å². The van der Waals surface area contributed by atoms with Crippen LogP contribution in [0.5, 0.6) is 0 Å². The number of carboxylic acids is 2.